The van der Waals surface area contributed by atoms with Crippen LogP contribution < -0.4 is 0 Å². The van der Waals surface area contributed by atoms with E-state index < -0.39 is 10.2 Å². The zero-order valence-corrected chi connectivity index (χ0v) is 15.5. The van der Waals surface area contributed by atoms with Crippen molar-refractivity contribution in [1.29, 1.82) is 0 Å². The summed E-state index contributed by atoms with van der Waals surface area (Å²) < 4.78 is 29.6. The third-order valence-corrected chi connectivity index (χ3v) is 7.59. The molecule has 0 bridgehead atoms. The Labute approximate surface area is 150 Å². The summed E-state index contributed by atoms with van der Waals surface area (Å²) in [5, 5.41) is 1.20. The second kappa shape index (κ2) is 7.09. The molecular formula is C19H27N3O2S. The number of nitrogens with zero attached hydrogens (tertiary/aromatic N) is 2. The minimum absolute atomic E-state index is 0.253. The van der Waals surface area contributed by atoms with Crippen molar-refractivity contribution in [2.75, 3.05) is 26.2 Å². The number of aromatic nitrogens is 1. The molecule has 1 aromatic heterocycles. The van der Waals surface area contributed by atoms with Gasteiger partial charge in [0, 0.05) is 43.3 Å². The van der Waals surface area contributed by atoms with E-state index in [0.717, 1.165) is 49.7 Å². The van der Waals surface area contributed by atoms with Gasteiger partial charge in [0.2, 0.25) is 0 Å². The zero-order chi connectivity index (χ0) is 17.3. The lowest BCUT2D eigenvalue weighted by atomic mass is 9.96. The summed E-state index contributed by atoms with van der Waals surface area (Å²) in [6.07, 6.45) is 6.22. The van der Waals surface area contributed by atoms with Gasteiger partial charge in [-0.1, -0.05) is 31.0 Å². The molecule has 136 valence electrons. The molecule has 0 radical (unpaired) electrons. The minimum Gasteiger partial charge on any atom is -0.358 e. The first-order chi connectivity index (χ1) is 12.1. The van der Waals surface area contributed by atoms with Gasteiger partial charge in [0.25, 0.3) is 10.2 Å². The number of piperidine rings is 1. The third kappa shape index (κ3) is 3.48. The molecule has 3 heterocycles. The molecule has 1 atom stereocenters. The van der Waals surface area contributed by atoms with Crippen molar-refractivity contribution in [1.82, 2.24) is 13.6 Å². The summed E-state index contributed by atoms with van der Waals surface area (Å²) in [6.45, 7) is 2.59. The standard InChI is InChI=1S/C19H27N3O2S/c23-25(24,21-11-5-1-2-6-12-21)22-13-7-9-17(15-22)19-14-16-8-3-4-10-18(16)20-19/h3-4,8,10,14,17,20H,1-2,5-7,9,11-13,15H2/t17-/m0/s1. The number of hydrogen-bond acceptors (Lipinski definition) is 2. The predicted octanol–water partition coefficient (Wildman–Crippen LogP) is 3.47. The van der Waals surface area contributed by atoms with Gasteiger partial charge in [0.05, 0.1) is 0 Å². The summed E-state index contributed by atoms with van der Waals surface area (Å²) in [6, 6.07) is 10.4. The van der Waals surface area contributed by atoms with Crippen molar-refractivity contribution < 1.29 is 8.42 Å². The third-order valence-electron chi connectivity index (χ3n) is 5.59. The van der Waals surface area contributed by atoms with Crippen LogP contribution in [-0.4, -0.2) is 48.2 Å². The maximum Gasteiger partial charge on any atom is 0.281 e. The van der Waals surface area contributed by atoms with E-state index in [1.54, 1.807) is 8.61 Å². The maximum absolute atomic E-state index is 13.1. The fourth-order valence-corrected chi connectivity index (χ4v) is 5.93. The van der Waals surface area contributed by atoms with Crippen LogP contribution in [0.1, 0.15) is 50.1 Å². The van der Waals surface area contributed by atoms with Gasteiger partial charge in [-0.3, -0.25) is 0 Å². The highest BCUT2D eigenvalue weighted by molar-refractivity contribution is 7.86. The van der Waals surface area contributed by atoms with Crippen LogP contribution in [0.5, 0.6) is 0 Å². The van der Waals surface area contributed by atoms with E-state index in [4.69, 9.17) is 0 Å². The number of rotatable bonds is 3. The lowest BCUT2D eigenvalue weighted by molar-refractivity contribution is 0.282. The minimum atomic E-state index is -3.33. The molecule has 1 N–H and O–H groups in total. The van der Waals surface area contributed by atoms with E-state index in [1.807, 2.05) is 12.1 Å². The van der Waals surface area contributed by atoms with Gasteiger partial charge in [-0.25, -0.2) is 0 Å². The summed E-state index contributed by atoms with van der Waals surface area (Å²) >= 11 is 0. The van der Waals surface area contributed by atoms with Gasteiger partial charge in [-0.05, 0) is 43.2 Å². The van der Waals surface area contributed by atoms with Crippen LogP contribution in [0.25, 0.3) is 10.9 Å². The average Bonchev–Trinajstić information content (AvgIpc) is 2.87. The molecule has 6 heteroatoms. The van der Waals surface area contributed by atoms with Crippen molar-refractivity contribution in [2.45, 2.75) is 44.4 Å². The lowest BCUT2D eigenvalue weighted by Crippen LogP contribution is -2.47. The van der Waals surface area contributed by atoms with Crippen molar-refractivity contribution >= 4 is 21.1 Å². The number of nitrogens with one attached hydrogen (secondary N) is 1. The Hall–Kier alpha value is -1.37. The first-order valence-corrected chi connectivity index (χ1v) is 10.9. The first-order valence-electron chi connectivity index (χ1n) is 9.47. The smallest absolute Gasteiger partial charge is 0.281 e. The summed E-state index contributed by atoms with van der Waals surface area (Å²) in [7, 11) is -3.33. The monoisotopic (exact) mass is 361 g/mol. The summed E-state index contributed by atoms with van der Waals surface area (Å²) in [5.41, 5.74) is 2.29. The maximum atomic E-state index is 13.1. The lowest BCUT2D eigenvalue weighted by Gasteiger charge is -2.35. The Balaban J connectivity index is 1.53. The topological polar surface area (TPSA) is 56.4 Å². The van der Waals surface area contributed by atoms with Gasteiger partial charge in [0.15, 0.2) is 0 Å². The molecular weight excluding hydrogens is 334 g/mol. The van der Waals surface area contributed by atoms with Gasteiger partial charge in [-0.2, -0.15) is 17.0 Å². The fourth-order valence-electron chi connectivity index (χ4n) is 4.16. The fraction of sp³-hybridized carbons (Fsp3) is 0.579. The van der Waals surface area contributed by atoms with Crippen LogP contribution in [0, 0.1) is 0 Å². The Morgan fingerprint density at radius 3 is 2.40 bits per heavy atom. The Morgan fingerprint density at radius 1 is 0.920 bits per heavy atom. The highest BCUT2D eigenvalue weighted by atomic mass is 32.2. The molecule has 0 aliphatic carbocycles. The van der Waals surface area contributed by atoms with Gasteiger partial charge in [0.1, 0.15) is 0 Å². The first kappa shape index (κ1) is 17.1. The molecule has 2 aromatic rings. The number of para-hydroxylation sites is 1. The predicted molar refractivity (Wildman–Crippen MR) is 101 cm³/mol. The highest BCUT2D eigenvalue weighted by Crippen LogP contribution is 2.31. The molecule has 25 heavy (non-hydrogen) atoms. The molecule has 2 saturated heterocycles. The second-order valence-electron chi connectivity index (χ2n) is 7.33. The SMILES string of the molecule is O=S(=O)(N1CCCCCC1)N1CCC[C@H](c2cc3ccccc3[nH]2)C1. The van der Waals surface area contributed by atoms with Gasteiger partial charge < -0.3 is 4.98 Å². The normalized spacial score (nSPS) is 24.4. The summed E-state index contributed by atoms with van der Waals surface area (Å²) in [5.74, 6) is 0.253. The molecule has 4 rings (SSSR count). The number of hydrogen-bond donors (Lipinski definition) is 1. The Bertz CT molecular complexity index is 789. The molecule has 0 amide bonds. The molecule has 2 fully saturated rings. The zero-order valence-electron chi connectivity index (χ0n) is 14.7. The van der Waals surface area contributed by atoms with Gasteiger partial charge >= 0.3 is 0 Å². The highest BCUT2D eigenvalue weighted by Gasteiger charge is 2.34. The van der Waals surface area contributed by atoms with Crippen molar-refractivity contribution in [2.24, 2.45) is 0 Å². The van der Waals surface area contributed by atoms with Crippen LogP contribution in [0.4, 0.5) is 0 Å². The van der Waals surface area contributed by atoms with Gasteiger partial charge in [-0.15, -0.1) is 0 Å². The van der Waals surface area contributed by atoms with E-state index in [2.05, 4.69) is 23.2 Å². The largest absolute Gasteiger partial charge is 0.358 e. The Morgan fingerprint density at radius 2 is 1.64 bits per heavy atom. The molecule has 2 aliphatic heterocycles. The quantitative estimate of drug-likeness (QED) is 0.910. The molecule has 0 unspecified atom stereocenters. The molecule has 5 nitrogen and oxygen atoms in total. The van der Waals surface area contributed by atoms with E-state index >= 15 is 0 Å². The van der Waals surface area contributed by atoms with Crippen LogP contribution in [0.2, 0.25) is 0 Å². The number of H-pyrrole nitrogens is 1. The van der Waals surface area contributed by atoms with Crippen molar-refractivity contribution in [3.8, 4) is 0 Å². The number of fused-ring (bicyclic) bond motifs is 1. The van der Waals surface area contributed by atoms with Crippen molar-refractivity contribution in [3.63, 3.8) is 0 Å². The average molecular weight is 362 g/mol. The summed E-state index contributed by atoms with van der Waals surface area (Å²) in [4.78, 5) is 3.49. The Kier molecular flexibility index (Phi) is 4.84. The molecule has 1 aromatic carbocycles. The van der Waals surface area contributed by atoms with E-state index in [-0.39, 0.29) is 5.92 Å². The van der Waals surface area contributed by atoms with Crippen LogP contribution in [0.3, 0.4) is 0 Å². The molecule has 2 aliphatic rings. The van der Waals surface area contributed by atoms with Crippen molar-refractivity contribution in [3.05, 3.63) is 36.0 Å². The van der Waals surface area contributed by atoms with E-state index in [0.29, 0.717) is 26.2 Å². The van der Waals surface area contributed by atoms with Crippen LogP contribution in [0.15, 0.2) is 30.3 Å². The number of aromatic amines is 1. The number of benzene rings is 1. The van der Waals surface area contributed by atoms with Crippen LogP contribution >= 0.6 is 0 Å². The van der Waals surface area contributed by atoms with E-state index in [1.165, 1.54) is 5.39 Å². The second-order valence-corrected chi connectivity index (χ2v) is 9.26. The van der Waals surface area contributed by atoms with E-state index in [9.17, 15) is 8.42 Å². The molecule has 0 spiro atoms. The molecule has 0 saturated carbocycles. The van der Waals surface area contributed by atoms with Crippen LogP contribution in [-0.2, 0) is 10.2 Å².